The molecule has 1 aromatic heterocycles. The Morgan fingerprint density at radius 2 is 1.72 bits per heavy atom. The van der Waals surface area contributed by atoms with Crippen LogP contribution in [0.4, 0.5) is 5.69 Å². The molecule has 0 aliphatic rings. The third kappa shape index (κ3) is 5.21. The zero-order valence-corrected chi connectivity index (χ0v) is 17.5. The van der Waals surface area contributed by atoms with E-state index < -0.39 is 0 Å². The fraction of sp³-hybridized carbons (Fsp3) is 0.100. The summed E-state index contributed by atoms with van der Waals surface area (Å²) in [6, 6.07) is 19.6. The van der Waals surface area contributed by atoms with Crippen LogP contribution in [0, 0.1) is 6.92 Å². The van der Waals surface area contributed by atoms with Gasteiger partial charge in [-0.3, -0.25) is 4.79 Å². The van der Waals surface area contributed by atoms with Gasteiger partial charge in [0.1, 0.15) is 0 Å². The molecule has 1 heterocycles. The monoisotopic (exact) mass is 426 g/mol. The first kappa shape index (κ1) is 19.8. The van der Waals surface area contributed by atoms with Crippen molar-refractivity contribution in [3.63, 3.8) is 0 Å². The van der Waals surface area contributed by atoms with Crippen molar-refractivity contribution >= 4 is 23.2 Å². The van der Waals surface area contributed by atoms with Crippen LogP contribution in [-0.4, -0.2) is 5.91 Å². The number of benzene rings is 2. The SMILES string of the molecule is Cc1cccc(Cl)c1NC(=O)C[n+]1cccc(-c2ccccc2)c1.[Y]. The first-order chi connectivity index (χ1) is 11.6. The number of carbonyl (C=O) groups excluding carboxylic acids is 1. The van der Waals surface area contributed by atoms with Gasteiger partial charge in [0.05, 0.1) is 10.7 Å². The summed E-state index contributed by atoms with van der Waals surface area (Å²) >= 11 is 6.16. The number of para-hydroxylation sites is 1. The van der Waals surface area contributed by atoms with Gasteiger partial charge in [-0.15, -0.1) is 0 Å². The van der Waals surface area contributed by atoms with E-state index in [2.05, 4.69) is 5.32 Å². The average Bonchev–Trinajstić information content (AvgIpc) is 2.59. The summed E-state index contributed by atoms with van der Waals surface area (Å²) in [4.78, 5) is 12.3. The minimum absolute atomic E-state index is 0. The van der Waals surface area contributed by atoms with Gasteiger partial charge in [0.2, 0.25) is 6.54 Å². The van der Waals surface area contributed by atoms with Crippen molar-refractivity contribution < 1.29 is 42.1 Å². The van der Waals surface area contributed by atoms with Crippen LogP contribution in [0.25, 0.3) is 11.1 Å². The number of pyridine rings is 1. The molecule has 3 rings (SSSR count). The Morgan fingerprint density at radius 3 is 2.44 bits per heavy atom. The molecule has 0 spiro atoms. The summed E-state index contributed by atoms with van der Waals surface area (Å²) in [6.45, 7) is 2.15. The van der Waals surface area contributed by atoms with Gasteiger partial charge in [0.25, 0.3) is 5.91 Å². The molecule has 0 atom stereocenters. The first-order valence-corrected chi connectivity index (χ1v) is 8.11. The molecule has 1 radical (unpaired) electrons. The summed E-state index contributed by atoms with van der Waals surface area (Å²) in [5.41, 5.74) is 3.80. The van der Waals surface area contributed by atoms with Crippen molar-refractivity contribution in [2.24, 2.45) is 0 Å². The number of hydrogen-bond donors (Lipinski definition) is 1. The Bertz CT molecular complexity index is 848. The van der Waals surface area contributed by atoms with Crippen molar-refractivity contribution in [1.29, 1.82) is 0 Å². The van der Waals surface area contributed by atoms with Crippen LogP contribution in [0.15, 0.2) is 73.1 Å². The molecule has 0 aliphatic heterocycles. The van der Waals surface area contributed by atoms with Crippen molar-refractivity contribution in [2.75, 3.05) is 5.32 Å². The molecule has 1 N–H and O–H groups in total. The Hall–Kier alpha value is -1.55. The zero-order chi connectivity index (χ0) is 16.9. The third-order valence-electron chi connectivity index (χ3n) is 3.78. The number of halogens is 1. The normalized spacial score (nSPS) is 10.0. The van der Waals surface area contributed by atoms with E-state index in [1.165, 1.54) is 0 Å². The van der Waals surface area contributed by atoms with Gasteiger partial charge in [-0.05, 0) is 30.2 Å². The van der Waals surface area contributed by atoms with E-state index >= 15 is 0 Å². The van der Waals surface area contributed by atoms with Gasteiger partial charge in [-0.1, -0.05) is 54.1 Å². The minimum atomic E-state index is -0.110. The van der Waals surface area contributed by atoms with Crippen molar-refractivity contribution in [3.8, 4) is 11.1 Å². The second-order valence-electron chi connectivity index (χ2n) is 5.61. The van der Waals surface area contributed by atoms with E-state index in [4.69, 9.17) is 11.6 Å². The van der Waals surface area contributed by atoms with Gasteiger partial charge in [0, 0.05) is 44.3 Å². The second kappa shape index (κ2) is 9.23. The summed E-state index contributed by atoms with van der Waals surface area (Å²) in [7, 11) is 0. The number of aromatic nitrogens is 1. The number of nitrogens with zero attached hydrogens (tertiary/aromatic N) is 1. The van der Waals surface area contributed by atoms with Gasteiger partial charge >= 0.3 is 0 Å². The van der Waals surface area contributed by atoms with Gasteiger partial charge in [-0.2, -0.15) is 4.57 Å². The molecule has 3 nitrogen and oxygen atoms in total. The minimum Gasteiger partial charge on any atom is -0.319 e. The zero-order valence-electron chi connectivity index (χ0n) is 13.9. The maximum Gasteiger partial charge on any atom is 0.290 e. The molecule has 0 bridgehead atoms. The molecule has 0 saturated heterocycles. The maximum atomic E-state index is 12.3. The van der Waals surface area contributed by atoms with Crippen LogP contribution in [0.2, 0.25) is 5.02 Å². The standard InChI is InChI=1S/C20H17ClN2O.Y/c1-15-7-5-11-18(21)20(15)22-19(24)14-23-12-6-10-17(13-23)16-8-3-2-4-9-16;/h2-13H,14H2,1H3;/p+1. The van der Waals surface area contributed by atoms with Crippen molar-refractivity contribution in [2.45, 2.75) is 13.5 Å². The molecule has 0 fully saturated rings. The quantitative estimate of drug-likeness (QED) is 0.622. The number of aryl methyl sites for hydroxylation is 1. The Balaban J connectivity index is 0.00000225. The van der Waals surface area contributed by atoms with E-state index in [1.807, 2.05) is 78.5 Å². The molecule has 2 aromatic carbocycles. The molecule has 3 aromatic rings. The van der Waals surface area contributed by atoms with Crippen LogP contribution in [0.1, 0.15) is 5.56 Å². The summed E-state index contributed by atoms with van der Waals surface area (Å²) in [5, 5.41) is 3.44. The topological polar surface area (TPSA) is 33.0 Å². The Kier molecular flexibility index (Phi) is 7.30. The van der Waals surface area contributed by atoms with Crippen LogP contribution in [0.3, 0.4) is 0 Å². The number of carbonyl (C=O) groups is 1. The Labute approximate surface area is 177 Å². The summed E-state index contributed by atoms with van der Waals surface area (Å²) in [6.07, 6.45) is 3.85. The van der Waals surface area contributed by atoms with Gasteiger partial charge in [-0.25, -0.2) is 0 Å². The van der Waals surface area contributed by atoms with Gasteiger partial charge < -0.3 is 5.32 Å². The van der Waals surface area contributed by atoms with Crippen LogP contribution >= 0.6 is 11.6 Å². The number of anilines is 1. The number of nitrogens with one attached hydrogen (secondary N) is 1. The largest absolute Gasteiger partial charge is 0.319 e. The molecule has 1 amide bonds. The third-order valence-corrected chi connectivity index (χ3v) is 4.09. The van der Waals surface area contributed by atoms with Crippen LogP contribution in [-0.2, 0) is 44.0 Å². The number of hydrogen-bond acceptors (Lipinski definition) is 1. The van der Waals surface area contributed by atoms with Gasteiger partial charge in [0.15, 0.2) is 12.4 Å². The predicted molar refractivity (Wildman–Crippen MR) is 96.9 cm³/mol. The van der Waals surface area contributed by atoms with E-state index in [0.717, 1.165) is 16.7 Å². The molecule has 25 heavy (non-hydrogen) atoms. The fourth-order valence-corrected chi connectivity index (χ4v) is 2.83. The number of amides is 1. The molecular weight excluding hydrogens is 409 g/mol. The average molecular weight is 427 g/mol. The molecular formula is C20H18ClN2OY+. The maximum absolute atomic E-state index is 12.3. The van der Waals surface area contributed by atoms with Crippen molar-refractivity contribution in [3.05, 3.63) is 83.6 Å². The first-order valence-electron chi connectivity index (χ1n) is 7.73. The van der Waals surface area contributed by atoms with Crippen LogP contribution in [0.5, 0.6) is 0 Å². The second-order valence-corrected chi connectivity index (χ2v) is 6.02. The van der Waals surface area contributed by atoms with E-state index in [1.54, 1.807) is 6.07 Å². The smallest absolute Gasteiger partial charge is 0.290 e. The molecule has 0 unspecified atom stereocenters. The Morgan fingerprint density at radius 1 is 1.00 bits per heavy atom. The van der Waals surface area contributed by atoms with E-state index in [0.29, 0.717) is 10.7 Å². The number of rotatable bonds is 4. The molecule has 0 aliphatic carbocycles. The molecule has 0 saturated carbocycles. The molecule has 5 heteroatoms. The predicted octanol–water partition coefficient (Wildman–Crippen LogP) is 4.24. The van der Waals surface area contributed by atoms with E-state index in [9.17, 15) is 4.79 Å². The molecule has 123 valence electrons. The summed E-state index contributed by atoms with van der Waals surface area (Å²) in [5.74, 6) is -0.110. The van der Waals surface area contributed by atoms with E-state index in [-0.39, 0.29) is 45.2 Å². The van der Waals surface area contributed by atoms with Crippen molar-refractivity contribution in [1.82, 2.24) is 0 Å². The fourth-order valence-electron chi connectivity index (χ4n) is 2.56. The van der Waals surface area contributed by atoms with Crippen LogP contribution < -0.4 is 9.88 Å². The summed E-state index contributed by atoms with van der Waals surface area (Å²) < 4.78 is 1.86.